The van der Waals surface area contributed by atoms with E-state index in [0.717, 1.165) is 17.7 Å². The van der Waals surface area contributed by atoms with Gasteiger partial charge < -0.3 is 9.53 Å². The highest BCUT2D eigenvalue weighted by atomic mass is 28.3. The molecule has 0 bridgehead atoms. The maximum Gasteiger partial charge on any atom is 0.171 e. The van der Waals surface area contributed by atoms with Crippen LogP contribution in [0, 0.1) is 11.3 Å². The molecule has 1 N–H and O–H groups in total. The van der Waals surface area contributed by atoms with Gasteiger partial charge in [-0.15, -0.1) is 0 Å². The Bertz CT molecular complexity index is 423. The zero-order chi connectivity index (χ0) is 16.2. The summed E-state index contributed by atoms with van der Waals surface area (Å²) in [7, 11) is -1.14. The van der Waals surface area contributed by atoms with Crippen LogP contribution in [0.25, 0.3) is 0 Å². The van der Waals surface area contributed by atoms with Crippen LogP contribution in [0.2, 0.25) is 13.1 Å². The summed E-state index contributed by atoms with van der Waals surface area (Å²) in [5.41, 5.74) is 1.87. The number of hydrogen-bond acceptors (Lipinski definition) is 3. The van der Waals surface area contributed by atoms with Gasteiger partial charge in [0.2, 0.25) is 0 Å². The molecular weight excluding hydrogens is 278 g/mol. The largest absolute Gasteiger partial charge is 0.412 e. The molecule has 0 fully saturated rings. The van der Waals surface area contributed by atoms with Gasteiger partial charge in [-0.25, -0.2) is 0 Å². The van der Waals surface area contributed by atoms with E-state index in [9.17, 15) is 5.11 Å². The van der Waals surface area contributed by atoms with Crippen molar-refractivity contribution in [1.29, 1.82) is 0 Å². The first kappa shape index (κ1) is 18.3. The first-order chi connectivity index (χ1) is 9.61. The Labute approximate surface area is 131 Å². The molecule has 0 aliphatic rings. The molecule has 2 atom stereocenters. The molecule has 0 aromatic carbocycles. The molecule has 3 nitrogen and oxygen atoms in total. The third-order valence-corrected chi connectivity index (χ3v) is 4.17. The lowest BCUT2D eigenvalue weighted by Crippen LogP contribution is -2.26. The summed E-state index contributed by atoms with van der Waals surface area (Å²) < 4.78 is 6.18. The molecule has 4 heteroatoms. The molecule has 1 heterocycles. The number of nitrogens with zero attached hydrogens (tertiary/aromatic N) is 1. The van der Waals surface area contributed by atoms with Crippen LogP contribution in [-0.4, -0.2) is 19.1 Å². The number of aliphatic hydroxyl groups excluding tert-OH is 1. The molecule has 1 rings (SSSR count). The molecule has 0 radical (unpaired) electrons. The zero-order valence-electron chi connectivity index (χ0n) is 14.6. The predicted octanol–water partition coefficient (Wildman–Crippen LogP) is 4.25. The summed E-state index contributed by atoms with van der Waals surface area (Å²) in [4.78, 5) is 4.56. The molecule has 0 amide bonds. The Kier molecular flexibility index (Phi) is 6.57. The number of rotatable bonds is 6. The third kappa shape index (κ3) is 5.89. The highest BCUT2D eigenvalue weighted by Crippen LogP contribution is 2.36. The molecule has 1 aromatic rings. The van der Waals surface area contributed by atoms with E-state index in [2.05, 4.69) is 52.7 Å². The first-order valence-electron chi connectivity index (χ1n) is 7.90. The second-order valence-corrected chi connectivity index (χ2v) is 9.96. The van der Waals surface area contributed by atoms with Crippen molar-refractivity contribution in [3.63, 3.8) is 0 Å². The van der Waals surface area contributed by atoms with E-state index in [1.807, 2.05) is 12.1 Å². The monoisotopic (exact) mass is 309 g/mol. The van der Waals surface area contributed by atoms with Gasteiger partial charge >= 0.3 is 0 Å². The maximum atomic E-state index is 10.2. The number of aliphatic hydroxyl groups is 1. The van der Waals surface area contributed by atoms with Crippen molar-refractivity contribution in [3.8, 4) is 0 Å². The van der Waals surface area contributed by atoms with E-state index < -0.39 is 15.1 Å². The van der Waals surface area contributed by atoms with Crippen molar-refractivity contribution in [2.45, 2.75) is 66.3 Å². The van der Waals surface area contributed by atoms with Crippen LogP contribution in [0.3, 0.4) is 0 Å². The van der Waals surface area contributed by atoms with Crippen LogP contribution in [0.4, 0.5) is 0 Å². The van der Waals surface area contributed by atoms with Gasteiger partial charge in [-0.2, -0.15) is 0 Å². The molecule has 1 aromatic heterocycles. The van der Waals surface area contributed by atoms with Gasteiger partial charge in [0, 0.05) is 6.20 Å². The summed E-state index contributed by atoms with van der Waals surface area (Å²) >= 11 is 0. The van der Waals surface area contributed by atoms with Gasteiger partial charge in [0.25, 0.3) is 0 Å². The molecule has 0 saturated heterocycles. The van der Waals surface area contributed by atoms with Crippen molar-refractivity contribution in [2.75, 3.05) is 0 Å². The number of aromatic nitrogens is 1. The standard InChI is InChI=1S/C17H31NO2Si/c1-12(2)10-15(19)13-8-9-14(18-11-13)16(17(3,4)5)20-21(6)7/h8-9,11-12,15-16,19,21H,10H2,1-7H3. The Morgan fingerprint density at radius 3 is 2.24 bits per heavy atom. The predicted molar refractivity (Wildman–Crippen MR) is 90.8 cm³/mol. The van der Waals surface area contributed by atoms with Crippen molar-refractivity contribution in [2.24, 2.45) is 11.3 Å². The third-order valence-electron chi connectivity index (χ3n) is 3.35. The van der Waals surface area contributed by atoms with E-state index in [-0.39, 0.29) is 11.5 Å². The van der Waals surface area contributed by atoms with Gasteiger partial charge in [0.1, 0.15) is 0 Å². The Balaban J connectivity index is 2.92. The molecule has 0 aliphatic heterocycles. The SMILES string of the molecule is CC(C)CC(O)c1ccc(C(O[SiH](C)C)C(C)(C)C)nc1. The zero-order valence-corrected chi connectivity index (χ0v) is 15.7. The Morgan fingerprint density at radius 2 is 1.86 bits per heavy atom. The Hall–Kier alpha value is -0.713. The smallest absolute Gasteiger partial charge is 0.171 e. The minimum atomic E-state index is -1.14. The van der Waals surface area contributed by atoms with Gasteiger partial charge in [-0.3, -0.25) is 4.98 Å². The van der Waals surface area contributed by atoms with Crippen molar-refractivity contribution < 1.29 is 9.53 Å². The van der Waals surface area contributed by atoms with Gasteiger partial charge in [0.05, 0.1) is 17.9 Å². The van der Waals surface area contributed by atoms with Gasteiger partial charge in [0.15, 0.2) is 9.04 Å². The summed E-state index contributed by atoms with van der Waals surface area (Å²) in [6.07, 6.45) is 2.14. The van der Waals surface area contributed by atoms with Gasteiger partial charge in [-0.1, -0.05) is 40.7 Å². The average Bonchev–Trinajstić information content (AvgIpc) is 2.34. The topological polar surface area (TPSA) is 42.4 Å². The van der Waals surface area contributed by atoms with E-state index in [1.165, 1.54) is 0 Å². The Morgan fingerprint density at radius 1 is 1.24 bits per heavy atom. The summed E-state index contributed by atoms with van der Waals surface area (Å²) in [6.45, 7) is 15.1. The molecule has 2 unspecified atom stereocenters. The minimum Gasteiger partial charge on any atom is -0.412 e. The van der Waals surface area contributed by atoms with Crippen LogP contribution in [0.1, 0.15) is 64.5 Å². The highest BCUT2D eigenvalue weighted by Gasteiger charge is 2.29. The van der Waals surface area contributed by atoms with Gasteiger partial charge in [-0.05, 0) is 42.5 Å². The second kappa shape index (κ2) is 7.52. The number of hydrogen-bond donors (Lipinski definition) is 1. The van der Waals surface area contributed by atoms with E-state index in [0.29, 0.717) is 5.92 Å². The summed E-state index contributed by atoms with van der Waals surface area (Å²) in [5, 5.41) is 10.2. The van der Waals surface area contributed by atoms with Crippen LogP contribution < -0.4 is 0 Å². The quantitative estimate of drug-likeness (QED) is 0.799. The minimum absolute atomic E-state index is 0.0143. The lowest BCUT2D eigenvalue weighted by Gasteiger charge is -2.32. The normalized spacial score (nSPS) is 15.5. The van der Waals surface area contributed by atoms with Crippen LogP contribution in [0.15, 0.2) is 18.3 Å². The second-order valence-electron chi connectivity index (χ2n) is 7.59. The highest BCUT2D eigenvalue weighted by molar-refractivity contribution is 6.48. The fourth-order valence-corrected chi connectivity index (χ4v) is 3.43. The van der Waals surface area contributed by atoms with Crippen LogP contribution in [0.5, 0.6) is 0 Å². The molecule has 0 spiro atoms. The lowest BCUT2D eigenvalue weighted by atomic mass is 9.87. The van der Waals surface area contributed by atoms with Crippen LogP contribution in [-0.2, 0) is 4.43 Å². The molecular formula is C17H31NO2Si. The maximum absolute atomic E-state index is 10.2. The summed E-state index contributed by atoms with van der Waals surface area (Å²) in [6, 6.07) is 3.99. The van der Waals surface area contributed by atoms with E-state index in [1.54, 1.807) is 6.20 Å². The average molecular weight is 310 g/mol. The fourth-order valence-electron chi connectivity index (χ4n) is 2.34. The van der Waals surface area contributed by atoms with Crippen molar-refractivity contribution in [1.82, 2.24) is 4.98 Å². The molecule has 0 saturated carbocycles. The van der Waals surface area contributed by atoms with E-state index >= 15 is 0 Å². The lowest BCUT2D eigenvalue weighted by molar-refractivity contribution is 0.0825. The molecule has 21 heavy (non-hydrogen) atoms. The van der Waals surface area contributed by atoms with Crippen molar-refractivity contribution in [3.05, 3.63) is 29.6 Å². The first-order valence-corrected chi connectivity index (χ1v) is 10.7. The number of pyridine rings is 1. The van der Waals surface area contributed by atoms with Crippen LogP contribution >= 0.6 is 0 Å². The fraction of sp³-hybridized carbons (Fsp3) is 0.706. The van der Waals surface area contributed by atoms with Crippen molar-refractivity contribution >= 4 is 9.04 Å². The molecule has 0 aliphatic carbocycles. The van der Waals surface area contributed by atoms with E-state index in [4.69, 9.17) is 4.43 Å². The molecule has 120 valence electrons. The summed E-state index contributed by atoms with van der Waals surface area (Å²) in [5.74, 6) is 0.470.